The molecular weight excluding hydrogens is 306 g/mol. The lowest BCUT2D eigenvalue weighted by Crippen LogP contribution is -2.01. The van der Waals surface area contributed by atoms with E-state index in [1.165, 1.54) is 29.9 Å². The first-order valence-electron chi connectivity index (χ1n) is 6.29. The Morgan fingerprint density at radius 2 is 2.14 bits per heavy atom. The van der Waals surface area contributed by atoms with Crippen molar-refractivity contribution in [3.8, 4) is 0 Å². The molecule has 0 atom stereocenters. The van der Waals surface area contributed by atoms with E-state index in [9.17, 15) is 0 Å². The number of rotatable bonds is 5. The minimum Gasteiger partial charge on any atom is -0.370 e. The third-order valence-electron chi connectivity index (χ3n) is 2.61. The van der Waals surface area contributed by atoms with Crippen molar-refractivity contribution < 1.29 is 0 Å². The Balaban J connectivity index is 1.97. The molecule has 0 unspecified atom stereocenters. The average molecular weight is 319 g/mol. The van der Waals surface area contributed by atoms with Gasteiger partial charge in [0, 0.05) is 12.6 Å². The monoisotopic (exact) mass is 319 g/mol. The molecule has 3 heterocycles. The summed E-state index contributed by atoms with van der Waals surface area (Å²) in [6, 6.07) is 1.91. The van der Waals surface area contributed by atoms with Crippen molar-refractivity contribution in [2.24, 2.45) is 0 Å². The topological polar surface area (TPSA) is 92.3 Å². The summed E-state index contributed by atoms with van der Waals surface area (Å²) in [4.78, 5) is 24.5. The summed E-state index contributed by atoms with van der Waals surface area (Å²) in [5, 5.41) is 5.57. The van der Waals surface area contributed by atoms with E-state index in [4.69, 9.17) is 0 Å². The molecule has 3 rings (SSSR count). The molecule has 0 aliphatic rings. The summed E-state index contributed by atoms with van der Waals surface area (Å²) in [7, 11) is 0. The molecule has 108 valence electrons. The quantitative estimate of drug-likeness (QED) is 0.421. The highest BCUT2D eigenvalue weighted by Gasteiger charge is 2.11. The molecule has 3 aromatic rings. The molecule has 0 bridgehead atoms. The standard InChI is InChI=1S/C12H13N7S2/c1-3-13-7-4-8(19-12(18-7)20-2)21-11-9-10(15-5-14-9)16-6-17-11/h4-6H,3H2,1-2H3,(H,13,18,19)(H,14,15,16,17). The van der Waals surface area contributed by atoms with Crippen LogP contribution in [0.4, 0.5) is 5.82 Å². The van der Waals surface area contributed by atoms with Gasteiger partial charge in [0.25, 0.3) is 0 Å². The maximum Gasteiger partial charge on any atom is 0.190 e. The van der Waals surface area contributed by atoms with E-state index < -0.39 is 0 Å². The van der Waals surface area contributed by atoms with Crippen LogP contribution in [0.3, 0.4) is 0 Å². The lowest BCUT2D eigenvalue weighted by atomic mass is 10.5. The van der Waals surface area contributed by atoms with Gasteiger partial charge in [0.1, 0.15) is 27.7 Å². The largest absolute Gasteiger partial charge is 0.370 e. The van der Waals surface area contributed by atoms with Gasteiger partial charge < -0.3 is 10.3 Å². The molecule has 0 amide bonds. The molecule has 0 fully saturated rings. The summed E-state index contributed by atoms with van der Waals surface area (Å²) in [5.41, 5.74) is 1.47. The van der Waals surface area contributed by atoms with Gasteiger partial charge in [-0.25, -0.2) is 24.9 Å². The van der Waals surface area contributed by atoms with Crippen LogP contribution in [0, 0.1) is 0 Å². The fourth-order valence-corrected chi connectivity index (χ4v) is 3.03. The maximum atomic E-state index is 4.50. The molecule has 0 aliphatic carbocycles. The molecule has 0 aromatic carbocycles. The highest BCUT2D eigenvalue weighted by molar-refractivity contribution is 7.99. The van der Waals surface area contributed by atoms with Crippen molar-refractivity contribution in [3.63, 3.8) is 0 Å². The van der Waals surface area contributed by atoms with Crippen LogP contribution in [0.2, 0.25) is 0 Å². The van der Waals surface area contributed by atoms with Gasteiger partial charge in [-0.3, -0.25) is 0 Å². The zero-order valence-electron chi connectivity index (χ0n) is 11.5. The first-order chi connectivity index (χ1) is 10.3. The molecule has 7 nitrogen and oxygen atoms in total. The summed E-state index contributed by atoms with van der Waals surface area (Å²) in [6.45, 7) is 2.85. The Labute approximate surface area is 129 Å². The van der Waals surface area contributed by atoms with Crippen LogP contribution in [0.1, 0.15) is 6.92 Å². The molecule has 0 radical (unpaired) electrons. The number of aromatic amines is 1. The van der Waals surface area contributed by atoms with Gasteiger partial charge in [-0.2, -0.15) is 0 Å². The van der Waals surface area contributed by atoms with E-state index in [1.54, 1.807) is 6.33 Å². The molecule has 0 saturated heterocycles. The second-order valence-corrected chi connectivity index (χ2v) is 5.77. The number of fused-ring (bicyclic) bond motifs is 1. The molecule has 21 heavy (non-hydrogen) atoms. The Bertz CT molecular complexity index is 758. The Hall–Kier alpha value is -1.87. The second kappa shape index (κ2) is 6.27. The number of H-pyrrole nitrogens is 1. The minimum atomic E-state index is 0.651. The summed E-state index contributed by atoms with van der Waals surface area (Å²) < 4.78 is 0. The minimum absolute atomic E-state index is 0.651. The van der Waals surface area contributed by atoms with Gasteiger partial charge in [-0.15, -0.1) is 0 Å². The van der Waals surface area contributed by atoms with Crippen molar-refractivity contribution >= 4 is 40.5 Å². The summed E-state index contributed by atoms with van der Waals surface area (Å²) in [5.74, 6) is 0.814. The van der Waals surface area contributed by atoms with Crippen molar-refractivity contribution in [1.82, 2.24) is 29.9 Å². The lowest BCUT2D eigenvalue weighted by Gasteiger charge is -2.07. The van der Waals surface area contributed by atoms with Crippen LogP contribution in [0.5, 0.6) is 0 Å². The van der Waals surface area contributed by atoms with E-state index in [-0.39, 0.29) is 0 Å². The summed E-state index contributed by atoms with van der Waals surface area (Å²) >= 11 is 2.97. The number of hydrogen-bond donors (Lipinski definition) is 2. The molecule has 0 spiro atoms. The Morgan fingerprint density at radius 1 is 1.24 bits per heavy atom. The fourth-order valence-electron chi connectivity index (χ4n) is 1.74. The van der Waals surface area contributed by atoms with E-state index in [2.05, 4.69) is 35.2 Å². The van der Waals surface area contributed by atoms with Crippen molar-refractivity contribution in [2.75, 3.05) is 18.1 Å². The van der Waals surface area contributed by atoms with Gasteiger partial charge in [-0.05, 0) is 24.9 Å². The van der Waals surface area contributed by atoms with Crippen molar-refractivity contribution in [3.05, 3.63) is 18.7 Å². The normalized spacial score (nSPS) is 11.0. The highest BCUT2D eigenvalue weighted by atomic mass is 32.2. The van der Waals surface area contributed by atoms with Crippen LogP contribution in [0.25, 0.3) is 11.2 Å². The predicted molar refractivity (Wildman–Crippen MR) is 83.8 cm³/mol. The number of imidazole rings is 1. The zero-order valence-corrected chi connectivity index (χ0v) is 13.1. The molecule has 0 aliphatic heterocycles. The molecule has 0 saturated carbocycles. The number of thioether (sulfide) groups is 1. The van der Waals surface area contributed by atoms with Crippen LogP contribution in [-0.4, -0.2) is 42.7 Å². The molecule has 3 aromatic heterocycles. The number of anilines is 1. The van der Waals surface area contributed by atoms with E-state index in [1.807, 2.05) is 19.2 Å². The van der Waals surface area contributed by atoms with Gasteiger partial charge in [-0.1, -0.05) is 11.8 Å². The van der Waals surface area contributed by atoms with E-state index in [0.29, 0.717) is 5.65 Å². The Kier molecular flexibility index (Phi) is 4.20. The van der Waals surface area contributed by atoms with Crippen molar-refractivity contribution in [1.29, 1.82) is 0 Å². The number of nitrogens with one attached hydrogen (secondary N) is 2. The molecule has 2 N–H and O–H groups in total. The van der Waals surface area contributed by atoms with Gasteiger partial charge in [0.15, 0.2) is 10.8 Å². The van der Waals surface area contributed by atoms with E-state index in [0.717, 1.165) is 33.1 Å². The van der Waals surface area contributed by atoms with Gasteiger partial charge >= 0.3 is 0 Å². The molecule has 9 heteroatoms. The third kappa shape index (κ3) is 3.08. The maximum absolute atomic E-state index is 4.50. The van der Waals surface area contributed by atoms with Crippen LogP contribution in [0.15, 0.2) is 33.9 Å². The van der Waals surface area contributed by atoms with Crippen LogP contribution >= 0.6 is 23.5 Å². The van der Waals surface area contributed by atoms with Gasteiger partial charge in [0.2, 0.25) is 0 Å². The van der Waals surface area contributed by atoms with Crippen molar-refractivity contribution in [2.45, 2.75) is 22.1 Å². The van der Waals surface area contributed by atoms with Gasteiger partial charge in [0.05, 0.1) is 6.33 Å². The lowest BCUT2D eigenvalue weighted by molar-refractivity contribution is 0.890. The smallest absolute Gasteiger partial charge is 0.190 e. The third-order valence-corrected chi connectivity index (χ3v) is 4.08. The second-order valence-electron chi connectivity index (χ2n) is 3.99. The zero-order chi connectivity index (χ0) is 14.7. The number of hydrogen-bond acceptors (Lipinski definition) is 8. The average Bonchev–Trinajstić information content (AvgIpc) is 2.97. The Morgan fingerprint density at radius 3 is 2.95 bits per heavy atom. The number of aromatic nitrogens is 6. The summed E-state index contributed by atoms with van der Waals surface area (Å²) in [6.07, 6.45) is 5.07. The van der Waals surface area contributed by atoms with Crippen LogP contribution in [-0.2, 0) is 0 Å². The first kappa shape index (κ1) is 14.1. The highest BCUT2D eigenvalue weighted by Crippen LogP contribution is 2.30. The SMILES string of the molecule is CCNc1cc(Sc2ncnc3nc[nH]c23)nc(SC)n1. The molecular formula is C12H13N7S2. The first-order valence-corrected chi connectivity index (χ1v) is 8.33. The van der Waals surface area contributed by atoms with Crippen LogP contribution < -0.4 is 5.32 Å². The predicted octanol–water partition coefficient (Wildman–Crippen LogP) is 2.45. The fraction of sp³-hybridized carbons (Fsp3) is 0.250. The number of nitrogens with zero attached hydrogens (tertiary/aromatic N) is 5. The van der Waals surface area contributed by atoms with E-state index >= 15 is 0 Å².